The van der Waals surface area contributed by atoms with Gasteiger partial charge in [0, 0.05) is 70.5 Å². The average Bonchev–Trinajstić information content (AvgIpc) is 1.62. The summed E-state index contributed by atoms with van der Waals surface area (Å²) in [4.78, 5) is 28.0. The molecule has 9 aromatic rings. The largest absolute Gasteiger partial charge is 0.495 e. The Hall–Kier alpha value is -8.61. The molecule has 2 saturated heterocycles. The fourth-order valence-electron chi connectivity index (χ4n) is 13.3. The molecule has 14 rings (SSSR count). The fraction of sp³-hybridized carbons (Fsp3) is 0.384. The molecule has 3 atom stereocenters. The number of rotatable bonds is 22. The Morgan fingerprint density at radius 1 is 0.766 bits per heavy atom. The lowest BCUT2D eigenvalue weighted by Crippen LogP contribution is -2.32. The first-order valence-corrected chi connectivity index (χ1v) is 40.3. The van der Waals surface area contributed by atoms with Crippen molar-refractivity contribution in [1.82, 2.24) is 30.3 Å². The van der Waals surface area contributed by atoms with Crippen LogP contribution in [0.4, 0.5) is 16.2 Å². The second kappa shape index (κ2) is 39.0. The van der Waals surface area contributed by atoms with E-state index in [1.165, 1.54) is 112 Å². The van der Waals surface area contributed by atoms with Gasteiger partial charge in [-0.05, 0) is 241 Å². The number of nitrogens with one attached hydrogen (secondary N) is 3. The minimum atomic E-state index is -3.84. The number of likely N-dealkylation sites (tertiary alicyclic amines) is 1. The maximum atomic E-state index is 11.7. The number of thiophene rings is 1. The number of sulfonamides is 1. The molecule has 1 amide bonds. The lowest BCUT2D eigenvalue weighted by molar-refractivity contribution is 0.106. The summed E-state index contributed by atoms with van der Waals surface area (Å²) in [5, 5.41) is 24.9. The lowest BCUT2D eigenvalue weighted by atomic mass is 9.88. The molecule has 1 aliphatic carbocycles. The molecule has 1 unspecified atom stereocenters. The van der Waals surface area contributed by atoms with Gasteiger partial charge in [0.1, 0.15) is 23.9 Å². The van der Waals surface area contributed by atoms with Crippen LogP contribution in [0.25, 0.3) is 22.6 Å². The molecule has 2 aromatic heterocycles. The number of carbonyl (C=O) groups excluding carboxylic acids is 1. The molecule has 5 aliphatic rings. The van der Waals surface area contributed by atoms with E-state index >= 15 is 0 Å². The van der Waals surface area contributed by atoms with Crippen LogP contribution in [-0.4, -0.2) is 166 Å². The van der Waals surface area contributed by atoms with Crippen LogP contribution in [0.2, 0.25) is 0 Å². The van der Waals surface area contributed by atoms with Gasteiger partial charge in [-0.15, -0.1) is 11.3 Å². The summed E-state index contributed by atoms with van der Waals surface area (Å²) in [6.45, 7) is 18.0. The van der Waals surface area contributed by atoms with Crippen molar-refractivity contribution in [3.63, 3.8) is 0 Å². The summed E-state index contributed by atoms with van der Waals surface area (Å²) in [5.41, 5.74) is 15.9. The van der Waals surface area contributed by atoms with Crippen molar-refractivity contribution in [2.75, 3.05) is 113 Å². The highest BCUT2D eigenvalue weighted by Gasteiger charge is 2.27. The Morgan fingerprint density at radius 2 is 1.45 bits per heavy atom. The normalized spacial score (nSPS) is 15.7. The molecule has 570 valence electrons. The number of cyclic esters (lactones) is 1. The van der Waals surface area contributed by atoms with Crippen LogP contribution in [0, 0.1) is 5.41 Å². The molecule has 4 aliphatic heterocycles. The molecule has 6 N–H and O–H groups in total. The van der Waals surface area contributed by atoms with Crippen molar-refractivity contribution in [1.29, 1.82) is 0 Å². The number of fused-ring (bicyclic) bond motifs is 6. The fourth-order valence-corrected chi connectivity index (χ4v) is 16.0. The molecule has 18 nitrogen and oxygen atoms in total. The van der Waals surface area contributed by atoms with Crippen molar-refractivity contribution in [2.24, 2.45) is 10.6 Å². The first-order valence-electron chi connectivity index (χ1n) is 37.1. The Bertz CT molecular complexity index is 4510. The van der Waals surface area contributed by atoms with Crippen LogP contribution in [0.5, 0.6) is 28.7 Å². The third-order valence-corrected chi connectivity index (χ3v) is 22.1. The van der Waals surface area contributed by atoms with E-state index in [9.17, 15) is 18.3 Å². The van der Waals surface area contributed by atoms with Gasteiger partial charge in [-0.1, -0.05) is 129 Å². The summed E-state index contributed by atoms with van der Waals surface area (Å²) in [6.07, 6.45) is 13.5. The number of aliphatic hydroxyl groups excluding tert-OH is 1. The minimum Gasteiger partial charge on any atom is -0.495 e. The molecule has 6 heterocycles. The predicted octanol–water partition coefficient (Wildman–Crippen LogP) is 15.7. The number of methoxy groups -OCH3 is 1. The maximum absolute atomic E-state index is 11.7. The van der Waals surface area contributed by atoms with Gasteiger partial charge in [-0.3, -0.25) is 0 Å². The highest BCUT2D eigenvalue weighted by molar-refractivity contribution is 7.99. The number of hydrogen-bond donors (Lipinski definition) is 5. The molecule has 21 heteroatoms. The number of piperidine rings is 1. The molecule has 0 spiro atoms. The van der Waals surface area contributed by atoms with Crippen LogP contribution in [-0.2, 0) is 46.9 Å². The molecule has 107 heavy (non-hydrogen) atoms. The number of aliphatic hydroxyl groups is 1. The number of aromatic nitrogens is 1. The predicted molar refractivity (Wildman–Crippen MR) is 436 cm³/mol. The SMILES string of the molecule is CC(C)(C)C(O)/C=C/c1ccc2c(c1)OCO2.CCOc1ccccc1OCCN[C@H](C)Cc1ccc(OC)c(S(N)(=O)=O)c1.CN(C)CCCN1c2ccccc2Sc2ccccc21.CN(C)CCc1c[nH]c2ccc(C[C@H]3COC(=O)N3)cc12.CN1CCC(=C2c3ccccc3CCc3sccc32)CC1. The van der Waals surface area contributed by atoms with E-state index < -0.39 is 16.1 Å². The maximum Gasteiger partial charge on any atom is 0.407 e. The monoisotopic (exact) mass is 1510 g/mol. The van der Waals surface area contributed by atoms with E-state index in [0.717, 1.165) is 60.9 Å². The van der Waals surface area contributed by atoms with Crippen molar-refractivity contribution < 1.29 is 46.7 Å². The molecular weight excluding hydrogens is 1400 g/mol. The third kappa shape index (κ3) is 23.2. The Labute approximate surface area is 642 Å². The van der Waals surface area contributed by atoms with Gasteiger partial charge in [-0.25, -0.2) is 18.4 Å². The number of anilines is 2. The summed E-state index contributed by atoms with van der Waals surface area (Å²) in [7, 11) is 8.25. The standard InChI is InChI=1S/C20H28N2O5S.C19H21NS.C17H20N2S.C16H21N3O2.C14H18O3/c1-4-26-17-7-5-6-8-18(17)27-12-11-22-15(2)13-16-9-10-19(25-3)20(14-16)28(21,23)24;1-20-11-8-15(9-12-20)19-16-5-3-2-4-14(16)6-7-18-17(19)10-13-21-18;1-18(2)12-7-13-19-14-8-3-5-10-16(14)20-17-11-6-4-9-15(17)19;1-19(2)6-5-12-9-17-15-4-3-11(8-14(12)15)7-13-10-21-16(20)18-13;1-14(2,3)13(15)7-5-10-4-6-11-12(8-10)17-9-16-11/h5-10,14-15,22H,4,11-13H2,1-3H3,(H2,21,23,24);2-5,10,13H,6-9,11-12H2,1H3;3-6,8-11H,7,12-13H2,1-2H3;3-4,8-9,13,17H,5-7,10H2,1-2H3,(H,18,20);4-8,13,15H,9H2,1-3H3/b;;;;7-5+/t15-;;;13-;/m1..0./s1. The number of nitrogens with zero attached hydrogens (tertiary/aromatic N) is 4. The number of alkyl carbamates (subject to hydrolysis) is 1. The highest BCUT2D eigenvalue weighted by atomic mass is 32.2. The van der Waals surface area contributed by atoms with E-state index in [4.69, 9.17) is 33.6 Å². The molecule has 0 bridgehead atoms. The third-order valence-electron chi connectivity index (χ3n) is 19.1. The zero-order valence-corrected chi connectivity index (χ0v) is 66.4. The number of nitrogens with two attached hydrogens (primary N) is 1. The minimum absolute atomic E-state index is 0.00411. The number of benzene rings is 7. The van der Waals surface area contributed by atoms with Crippen LogP contribution >= 0.6 is 23.1 Å². The number of amides is 1. The number of hydrogen-bond acceptors (Lipinski definition) is 17. The first kappa shape index (κ1) is 80.9. The number of aryl methyl sites for hydroxylation is 2. The number of aromatic amines is 1. The topological polar surface area (TPSA) is 206 Å². The van der Waals surface area contributed by atoms with Crippen molar-refractivity contribution >= 4 is 73.1 Å². The average molecular weight is 1510 g/mol. The number of primary sulfonamides is 1. The van der Waals surface area contributed by atoms with Crippen molar-refractivity contribution in [3.05, 3.63) is 225 Å². The summed E-state index contributed by atoms with van der Waals surface area (Å²) < 4.78 is 55.3. The number of H-pyrrole nitrogens is 1. The molecule has 0 saturated carbocycles. The zero-order chi connectivity index (χ0) is 76.0. The second-order valence-corrected chi connectivity index (χ2v) is 32.6. The van der Waals surface area contributed by atoms with Gasteiger partial charge in [0.2, 0.25) is 16.8 Å². The highest BCUT2D eigenvalue weighted by Crippen LogP contribution is 2.48. The van der Waals surface area contributed by atoms with Crippen molar-refractivity contribution in [2.45, 2.75) is 119 Å². The Balaban J connectivity index is 0.000000144. The summed E-state index contributed by atoms with van der Waals surface area (Å²) in [6, 6.07) is 53.8. The van der Waals surface area contributed by atoms with Crippen molar-refractivity contribution in [3.8, 4) is 28.7 Å². The number of ether oxygens (including phenoxy) is 6. The second-order valence-electron chi connectivity index (χ2n) is 29.0. The quantitative estimate of drug-likeness (QED) is 0.0400. The van der Waals surface area contributed by atoms with E-state index in [0.29, 0.717) is 38.5 Å². The van der Waals surface area contributed by atoms with E-state index in [1.807, 2.05) is 112 Å². The first-order chi connectivity index (χ1) is 51.5. The molecular formula is C86H108N8O10S3. The van der Waals surface area contributed by atoms with Crippen LogP contribution in [0.15, 0.2) is 196 Å². The lowest BCUT2D eigenvalue weighted by Gasteiger charge is -2.33. The van der Waals surface area contributed by atoms with Crippen LogP contribution in [0.3, 0.4) is 0 Å². The number of para-hydroxylation sites is 4. The van der Waals surface area contributed by atoms with E-state index in [-0.39, 0.29) is 41.0 Å². The Kier molecular flexibility index (Phi) is 29.5. The van der Waals surface area contributed by atoms with E-state index in [2.05, 4.69) is 179 Å². The van der Waals surface area contributed by atoms with Gasteiger partial charge < -0.3 is 68.7 Å². The van der Waals surface area contributed by atoms with Gasteiger partial charge >= 0.3 is 6.09 Å². The molecule has 7 aromatic carbocycles. The molecule has 2 fully saturated rings. The van der Waals surface area contributed by atoms with Gasteiger partial charge in [0.05, 0.1) is 37.2 Å². The summed E-state index contributed by atoms with van der Waals surface area (Å²) in [5.74, 6) is 3.22. The van der Waals surface area contributed by atoms with Gasteiger partial charge in [0.15, 0.2) is 23.0 Å². The molecule has 0 radical (unpaired) electrons. The summed E-state index contributed by atoms with van der Waals surface area (Å²) >= 11 is 3.81. The van der Waals surface area contributed by atoms with E-state index in [1.54, 1.807) is 34.2 Å². The Morgan fingerprint density at radius 3 is 2.13 bits per heavy atom. The number of carbonyl (C=O) groups is 1. The van der Waals surface area contributed by atoms with Gasteiger partial charge in [0.25, 0.3) is 0 Å². The zero-order valence-electron chi connectivity index (χ0n) is 64.0. The smallest absolute Gasteiger partial charge is 0.407 e. The van der Waals surface area contributed by atoms with Gasteiger partial charge in [-0.2, -0.15) is 0 Å². The van der Waals surface area contributed by atoms with Crippen LogP contribution in [0.1, 0.15) is 97.7 Å². The van der Waals surface area contributed by atoms with Crippen LogP contribution < -0.4 is 44.4 Å². The number of likely N-dealkylation sites (N-methyl/N-ethyl adjacent to an activating group) is 1.